The topological polar surface area (TPSA) is 76.1 Å². The fraction of sp³-hybridized carbons (Fsp3) is 0.154. The minimum atomic E-state index is -0.820. The van der Waals surface area contributed by atoms with Crippen molar-refractivity contribution in [2.24, 2.45) is 0 Å². The molecular formula is C26H22ClNO5. The number of nitrogens with zero attached hydrogens (tertiary/aromatic N) is 1. The van der Waals surface area contributed by atoms with Gasteiger partial charge in [-0.2, -0.15) is 0 Å². The Morgan fingerprint density at radius 1 is 0.939 bits per heavy atom. The molecule has 1 amide bonds. The lowest BCUT2D eigenvalue weighted by Crippen LogP contribution is -2.29. The van der Waals surface area contributed by atoms with Crippen molar-refractivity contribution < 1.29 is 24.2 Å². The summed E-state index contributed by atoms with van der Waals surface area (Å²) >= 11 is 6.03. The molecule has 3 aromatic carbocycles. The van der Waals surface area contributed by atoms with Crippen molar-refractivity contribution in [1.29, 1.82) is 0 Å². The number of ether oxygens (including phenoxy) is 2. The molecule has 1 saturated heterocycles. The molecule has 0 saturated carbocycles. The molecule has 1 atom stereocenters. The largest absolute Gasteiger partial charge is 0.507 e. The first-order valence-electron chi connectivity index (χ1n) is 10.2. The van der Waals surface area contributed by atoms with Gasteiger partial charge in [0.25, 0.3) is 11.7 Å². The van der Waals surface area contributed by atoms with Crippen LogP contribution in [0.4, 0.5) is 5.69 Å². The number of aliphatic hydroxyl groups excluding tert-OH is 1. The number of Topliss-reactive ketones (excluding diaryl/α,β-unsaturated/α-hetero) is 1. The van der Waals surface area contributed by atoms with Gasteiger partial charge in [0.1, 0.15) is 5.76 Å². The molecule has 4 rings (SSSR count). The number of halogens is 1. The van der Waals surface area contributed by atoms with Gasteiger partial charge in [-0.25, -0.2) is 0 Å². The predicted molar refractivity (Wildman–Crippen MR) is 127 cm³/mol. The van der Waals surface area contributed by atoms with E-state index in [9.17, 15) is 14.7 Å². The summed E-state index contributed by atoms with van der Waals surface area (Å²) in [5, 5.41) is 11.8. The third-order valence-corrected chi connectivity index (χ3v) is 5.82. The molecule has 0 aliphatic carbocycles. The molecule has 1 aliphatic heterocycles. The lowest BCUT2D eigenvalue weighted by atomic mass is 9.94. The van der Waals surface area contributed by atoms with Crippen molar-refractivity contribution in [2.75, 3.05) is 19.1 Å². The summed E-state index contributed by atoms with van der Waals surface area (Å²) in [6, 6.07) is 18.1. The summed E-state index contributed by atoms with van der Waals surface area (Å²) in [5.74, 6) is -0.932. The van der Waals surface area contributed by atoms with Crippen LogP contribution in [0.25, 0.3) is 5.76 Å². The van der Waals surface area contributed by atoms with Crippen LogP contribution < -0.4 is 14.4 Å². The molecule has 1 fully saturated rings. The van der Waals surface area contributed by atoms with Gasteiger partial charge in [-0.1, -0.05) is 41.4 Å². The molecule has 6 nitrogen and oxygen atoms in total. The molecule has 0 bridgehead atoms. The van der Waals surface area contributed by atoms with Gasteiger partial charge in [0.2, 0.25) is 0 Å². The smallest absolute Gasteiger partial charge is 0.300 e. The van der Waals surface area contributed by atoms with Gasteiger partial charge in [-0.3, -0.25) is 14.5 Å². The van der Waals surface area contributed by atoms with E-state index >= 15 is 0 Å². The molecule has 1 unspecified atom stereocenters. The molecule has 1 aliphatic rings. The maximum atomic E-state index is 13.2. The average Bonchev–Trinajstić information content (AvgIpc) is 3.09. The van der Waals surface area contributed by atoms with E-state index in [2.05, 4.69) is 0 Å². The second kappa shape index (κ2) is 9.00. The van der Waals surface area contributed by atoms with E-state index in [0.29, 0.717) is 33.3 Å². The quantitative estimate of drug-likeness (QED) is 0.316. The zero-order valence-electron chi connectivity index (χ0n) is 18.3. The summed E-state index contributed by atoms with van der Waals surface area (Å²) in [7, 11) is 2.99. The van der Waals surface area contributed by atoms with Crippen molar-refractivity contribution in [3.63, 3.8) is 0 Å². The number of hydrogen-bond donors (Lipinski definition) is 1. The molecule has 0 aromatic heterocycles. The van der Waals surface area contributed by atoms with Crippen LogP contribution in [0, 0.1) is 6.92 Å². The van der Waals surface area contributed by atoms with Gasteiger partial charge in [-0.15, -0.1) is 0 Å². The zero-order valence-corrected chi connectivity index (χ0v) is 19.1. The van der Waals surface area contributed by atoms with E-state index in [1.807, 2.05) is 31.2 Å². The lowest BCUT2D eigenvalue weighted by Gasteiger charge is -2.25. The highest BCUT2D eigenvalue weighted by Crippen LogP contribution is 2.43. The third-order valence-electron chi connectivity index (χ3n) is 5.56. The minimum absolute atomic E-state index is 0.00669. The Morgan fingerprint density at radius 3 is 2.27 bits per heavy atom. The fourth-order valence-electron chi connectivity index (χ4n) is 4.00. The first kappa shape index (κ1) is 22.4. The highest BCUT2D eigenvalue weighted by molar-refractivity contribution is 6.51. The first-order valence-corrected chi connectivity index (χ1v) is 10.6. The lowest BCUT2D eigenvalue weighted by molar-refractivity contribution is -0.132. The van der Waals surface area contributed by atoms with E-state index in [-0.39, 0.29) is 11.3 Å². The molecule has 1 heterocycles. The Hall–Kier alpha value is -3.77. The maximum absolute atomic E-state index is 13.2. The van der Waals surface area contributed by atoms with Crippen LogP contribution in [0.15, 0.2) is 72.3 Å². The summed E-state index contributed by atoms with van der Waals surface area (Å²) in [6.45, 7) is 1.92. The second-order valence-electron chi connectivity index (χ2n) is 7.63. The number of carbonyl (C=O) groups excluding carboxylic acids is 2. The van der Waals surface area contributed by atoms with Crippen LogP contribution >= 0.6 is 11.6 Å². The SMILES string of the molecule is COc1ccc(/C(O)=C2/C(=O)C(=O)N(c3ccc(Cl)cc3)C2c2cccc(C)c2)cc1OC. The average molecular weight is 464 g/mol. The fourth-order valence-corrected chi connectivity index (χ4v) is 4.12. The number of aryl methyl sites for hydroxylation is 1. The van der Waals surface area contributed by atoms with Crippen molar-refractivity contribution in [2.45, 2.75) is 13.0 Å². The monoisotopic (exact) mass is 463 g/mol. The van der Waals surface area contributed by atoms with E-state index in [1.165, 1.54) is 19.1 Å². The van der Waals surface area contributed by atoms with Crippen LogP contribution in [-0.2, 0) is 9.59 Å². The van der Waals surface area contributed by atoms with Crippen molar-refractivity contribution in [3.8, 4) is 11.5 Å². The van der Waals surface area contributed by atoms with E-state index < -0.39 is 17.7 Å². The minimum Gasteiger partial charge on any atom is -0.507 e. The summed E-state index contributed by atoms with van der Waals surface area (Å²) in [5.41, 5.74) is 2.48. The van der Waals surface area contributed by atoms with Crippen LogP contribution in [0.3, 0.4) is 0 Å². The highest BCUT2D eigenvalue weighted by Gasteiger charge is 2.47. The molecule has 168 valence electrons. The molecule has 0 spiro atoms. The van der Waals surface area contributed by atoms with Gasteiger partial charge >= 0.3 is 0 Å². The Kier molecular flexibility index (Phi) is 6.11. The number of anilines is 1. The Bertz CT molecular complexity index is 1270. The first-order chi connectivity index (χ1) is 15.8. The van der Waals surface area contributed by atoms with Gasteiger partial charge in [-0.05, 0) is 55.0 Å². The number of rotatable bonds is 5. The highest BCUT2D eigenvalue weighted by atomic mass is 35.5. The normalized spacial score (nSPS) is 17.3. The summed E-state index contributed by atoms with van der Waals surface area (Å²) in [6.07, 6.45) is 0. The van der Waals surface area contributed by atoms with Gasteiger partial charge < -0.3 is 14.6 Å². The molecule has 3 aromatic rings. The van der Waals surface area contributed by atoms with E-state index in [4.69, 9.17) is 21.1 Å². The van der Waals surface area contributed by atoms with Crippen LogP contribution in [0.5, 0.6) is 11.5 Å². The predicted octanol–water partition coefficient (Wildman–Crippen LogP) is 5.29. The summed E-state index contributed by atoms with van der Waals surface area (Å²) in [4.78, 5) is 27.8. The van der Waals surface area contributed by atoms with Crippen LogP contribution in [0.1, 0.15) is 22.7 Å². The Labute approximate surface area is 196 Å². The Balaban J connectivity index is 1.94. The number of benzene rings is 3. The number of amides is 1. The number of aliphatic hydroxyl groups is 1. The molecule has 0 radical (unpaired) electrons. The van der Waals surface area contributed by atoms with Crippen molar-refractivity contribution in [3.05, 3.63) is 94.0 Å². The number of hydrogen-bond acceptors (Lipinski definition) is 5. The molecule has 1 N–H and O–H groups in total. The van der Waals surface area contributed by atoms with Gasteiger partial charge in [0.15, 0.2) is 11.5 Å². The van der Waals surface area contributed by atoms with Crippen molar-refractivity contribution in [1.82, 2.24) is 0 Å². The number of ketones is 1. The summed E-state index contributed by atoms with van der Waals surface area (Å²) < 4.78 is 10.6. The number of methoxy groups -OCH3 is 2. The Morgan fingerprint density at radius 2 is 1.64 bits per heavy atom. The zero-order chi connectivity index (χ0) is 23.7. The van der Waals surface area contributed by atoms with E-state index in [1.54, 1.807) is 42.5 Å². The van der Waals surface area contributed by atoms with Gasteiger partial charge in [0, 0.05) is 16.3 Å². The van der Waals surface area contributed by atoms with Crippen molar-refractivity contribution >= 4 is 34.7 Å². The van der Waals surface area contributed by atoms with Crippen LogP contribution in [0.2, 0.25) is 5.02 Å². The van der Waals surface area contributed by atoms with Crippen LogP contribution in [-0.4, -0.2) is 31.0 Å². The number of carbonyl (C=O) groups is 2. The maximum Gasteiger partial charge on any atom is 0.300 e. The second-order valence-corrected chi connectivity index (χ2v) is 8.07. The molecule has 7 heteroatoms. The standard InChI is InChI=1S/C26H22ClNO5/c1-15-5-4-6-16(13-15)23-22(24(29)17-7-12-20(32-2)21(14-17)33-3)25(30)26(31)28(23)19-10-8-18(27)9-11-19/h4-14,23,29H,1-3H3/b24-22-. The van der Waals surface area contributed by atoms with E-state index in [0.717, 1.165) is 5.56 Å². The molecule has 33 heavy (non-hydrogen) atoms. The molecular weight excluding hydrogens is 442 g/mol. The van der Waals surface area contributed by atoms with Gasteiger partial charge in [0.05, 0.1) is 25.8 Å². The third kappa shape index (κ3) is 4.05.